The number of aromatic amines is 1. The number of hydrogen-bond donors (Lipinski definition) is 3. The summed E-state index contributed by atoms with van der Waals surface area (Å²) in [6, 6.07) is 8.60. The van der Waals surface area contributed by atoms with Crippen LogP contribution in [0.2, 0.25) is 0 Å². The Morgan fingerprint density at radius 1 is 1.24 bits per heavy atom. The average molecular weight is 449 g/mol. The van der Waals surface area contributed by atoms with Gasteiger partial charge in [0.2, 0.25) is 0 Å². The van der Waals surface area contributed by atoms with Gasteiger partial charge in [-0.2, -0.15) is 5.10 Å². The Balaban J connectivity index is 1.32. The number of aliphatic carboxylic acids is 1. The van der Waals surface area contributed by atoms with Gasteiger partial charge >= 0.3 is 5.97 Å². The molecular weight excluding hydrogens is 429 g/mol. The van der Waals surface area contributed by atoms with Gasteiger partial charge in [-0.15, -0.1) is 0 Å². The number of anilines is 2. The minimum atomic E-state index is -0.878. The van der Waals surface area contributed by atoms with Crippen molar-refractivity contribution in [1.82, 2.24) is 24.7 Å². The average Bonchev–Trinajstić information content (AvgIpc) is 3.51. The highest BCUT2D eigenvalue weighted by Crippen LogP contribution is 2.25. The molecule has 1 saturated heterocycles. The highest BCUT2D eigenvalue weighted by Gasteiger charge is 2.31. The third kappa shape index (κ3) is 3.88. The maximum Gasteiger partial charge on any atom is 0.326 e. The lowest BCUT2D eigenvalue weighted by Gasteiger charge is -2.22. The van der Waals surface area contributed by atoms with E-state index < -0.39 is 17.9 Å². The van der Waals surface area contributed by atoms with Gasteiger partial charge in [0.15, 0.2) is 11.6 Å². The largest absolute Gasteiger partial charge is 0.480 e. The maximum absolute atomic E-state index is 13.5. The van der Waals surface area contributed by atoms with Crippen LogP contribution in [0.25, 0.3) is 22.6 Å². The molecule has 168 valence electrons. The zero-order valence-corrected chi connectivity index (χ0v) is 17.6. The molecule has 5 rings (SSSR count). The Kier molecular flexibility index (Phi) is 5.00. The number of carboxylic acid groups (broad SMARTS) is 1. The van der Waals surface area contributed by atoms with E-state index >= 15 is 0 Å². The number of H-pyrrole nitrogens is 1. The zero-order chi connectivity index (χ0) is 23.1. The van der Waals surface area contributed by atoms with Gasteiger partial charge in [0.25, 0.3) is 5.91 Å². The number of nitrogens with zero attached hydrogens (tertiary/aromatic N) is 5. The predicted molar refractivity (Wildman–Crippen MR) is 118 cm³/mol. The van der Waals surface area contributed by atoms with Crippen LogP contribution >= 0.6 is 0 Å². The van der Waals surface area contributed by atoms with Crippen molar-refractivity contribution in [3.05, 3.63) is 54.0 Å². The van der Waals surface area contributed by atoms with Crippen molar-refractivity contribution in [3.63, 3.8) is 0 Å². The lowest BCUT2D eigenvalue weighted by Crippen LogP contribution is -2.36. The van der Waals surface area contributed by atoms with Crippen LogP contribution in [0, 0.1) is 5.82 Å². The molecule has 0 bridgehead atoms. The summed E-state index contributed by atoms with van der Waals surface area (Å²) in [5.41, 5.74) is 2.11. The Morgan fingerprint density at radius 3 is 2.85 bits per heavy atom. The van der Waals surface area contributed by atoms with Gasteiger partial charge in [0.1, 0.15) is 23.4 Å². The normalized spacial score (nSPS) is 15.8. The van der Waals surface area contributed by atoms with Gasteiger partial charge in [-0.3, -0.25) is 9.48 Å². The van der Waals surface area contributed by atoms with E-state index in [9.17, 15) is 19.1 Å². The van der Waals surface area contributed by atoms with Gasteiger partial charge in [-0.05, 0) is 43.2 Å². The Labute approximate surface area is 187 Å². The molecule has 1 fully saturated rings. The molecule has 1 aliphatic rings. The Bertz CT molecular complexity index is 1360. The number of hydrogen-bond acceptors (Lipinski definition) is 6. The van der Waals surface area contributed by atoms with Crippen LogP contribution in [0.3, 0.4) is 0 Å². The van der Waals surface area contributed by atoms with E-state index in [0.29, 0.717) is 52.7 Å². The third-order valence-corrected chi connectivity index (χ3v) is 5.65. The smallest absolute Gasteiger partial charge is 0.326 e. The first-order valence-electron chi connectivity index (χ1n) is 10.4. The number of carbonyl (C=O) groups excluding carboxylic acids is 1. The molecule has 0 radical (unpaired) electrons. The minimum Gasteiger partial charge on any atom is -0.480 e. The number of carboxylic acids is 1. The second kappa shape index (κ2) is 8.01. The van der Waals surface area contributed by atoms with Crippen LogP contribution in [0.1, 0.15) is 23.2 Å². The molecule has 11 heteroatoms. The number of rotatable bonds is 5. The van der Waals surface area contributed by atoms with Gasteiger partial charge in [0, 0.05) is 25.9 Å². The van der Waals surface area contributed by atoms with Crippen LogP contribution in [-0.4, -0.2) is 54.3 Å². The van der Waals surface area contributed by atoms with Crippen molar-refractivity contribution in [3.8, 4) is 11.5 Å². The Morgan fingerprint density at radius 2 is 2.09 bits per heavy atom. The van der Waals surface area contributed by atoms with Gasteiger partial charge < -0.3 is 20.3 Å². The quantitative estimate of drug-likeness (QED) is 0.427. The van der Waals surface area contributed by atoms with Crippen LogP contribution < -0.4 is 10.2 Å². The van der Waals surface area contributed by atoms with Gasteiger partial charge in [-0.1, -0.05) is 0 Å². The second-order valence-electron chi connectivity index (χ2n) is 7.83. The number of amides is 1. The lowest BCUT2D eigenvalue weighted by molar-refractivity contribution is -0.138. The lowest BCUT2D eigenvalue weighted by atomic mass is 10.2. The van der Waals surface area contributed by atoms with E-state index in [1.807, 2.05) is 0 Å². The maximum atomic E-state index is 13.5. The molecule has 1 atom stereocenters. The number of benzene rings is 1. The summed E-state index contributed by atoms with van der Waals surface area (Å²) < 4.78 is 15.0. The zero-order valence-electron chi connectivity index (χ0n) is 17.6. The summed E-state index contributed by atoms with van der Waals surface area (Å²) >= 11 is 0. The van der Waals surface area contributed by atoms with Crippen LogP contribution in [0.15, 0.2) is 42.6 Å². The number of pyridine rings is 1. The molecule has 4 aromatic rings. The molecule has 0 aliphatic carbocycles. The molecule has 3 aromatic heterocycles. The minimum absolute atomic E-state index is 0.316. The first-order chi connectivity index (χ1) is 15.9. The summed E-state index contributed by atoms with van der Waals surface area (Å²) in [6.45, 7) is 0.612. The molecule has 0 saturated carbocycles. The first kappa shape index (κ1) is 20.6. The monoisotopic (exact) mass is 449 g/mol. The number of fused-ring (bicyclic) bond motifs is 1. The van der Waals surface area contributed by atoms with E-state index in [2.05, 4.69) is 25.4 Å². The van der Waals surface area contributed by atoms with E-state index in [4.69, 9.17) is 0 Å². The molecule has 4 heterocycles. The summed E-state index contributed by atoms with van der Waals surface area (Å²) in [5, 5.41) is 16.4. The van der Waals surface area contributed by atoms with E-state index in [-0.39, 0.29) is 5.82 Å². The Hall–Kier alpha value is -4.28. The molecule has 10 nitrogen and oxygen atoms in total. The topological polar surface area (TPSA) is 129 Å². The summed E-state index contributed by atoms with van der Waals surface area (Å²) in [6.07, 6.45) is 2.77. The molecule has 1 unspecified atom stereocenters. The van der Waals surface area contributed by atoms with Crippen molar-refractivity contribution >= 4 is 34.5 Å². The number of aryl methyl sites for hydroxylation is 1. The molecule has 33 heavy (non-hydrogen) atoms. The highest BCUT2D eigenvalue weighted by atomic mass is 19.1. The molecule has 1 amide bonds. The molecule has 3 N–H and O–H groups in total. The number of carbonyl (C=O) groups is 2. The summed E-state index contributed by atoms with van der Waals surface area (Å²) in [5.74, 6) is -0.302. The highest BCUT2D eigenvalue weighted by molar-refractivity contribution is 6.03. The van der Waals surface area contributed by atoms with Crippen molar-refractivity contribution in [1.29, 1.82) is 0 Å². The predicted octanol–water partition coefficient (Wildman–Crippen LogP) is 2.80. The summed E-state index contributed by atoms with van der Waals surface area (Å²) in [7, 11) is 1.71. The fourth-order valence-corrected chi connectivity index (χ4v) is 4.03. The molecule has 1 aromatic carbocycles. The summed E-state index contributed by atoms with van der Waals surface area (Å²) in [4.78, 5) is 37.6. The van der Waals surface area contributed by atoms with Gasteiger partial charge in [0.05, 0.1) is 16.6 Å². The molecule has 1 aliphatic heterocycles. The van der Waals surface area contributed by atoms with Gasteiger partial charge in [-0.25, -0.2) is 19.2 Å². The van der Waals surface area contributed by atoms with Crippen molar-refractivity contribution in [2.45, 2.75) is 18.9 Å². The van der Waals surface area contributed by atoms with E-state index in [1.54, 1.807) is 40.9 Å². The third-order valence-electron chi connectivity index (χ3n) is 5.65. The SMILES string of the molecule is Cn1nc(NC(=O)c2ccc(N3CCCC3C(=O)O)nc2)cc1-c1nc2ccc(F)cc2[nH]1. The number of nitrogens with one attached hydrogen (secondary N) is 2. The fourth-order valence-electron chi connectivity index (χ4n) is 4.03. The molecule has 0 spiro atoms. The number of aromatic nitrogens is 5. The van der Waals surface area contributed by atoms with Crippen LogP contribution in [0.4, 0.5) is 16.0 Å². The van der Waals surface area contributed by atoms with Crippen LogP contribution in [-0.2, 0) is 11.8 Å². The van der Waals surface area contributed by atoms with Crippen LogP contribution in [0.5, 0.6) is 0 Å². The van der Waals surface area contributed by atoms with Crippen molar-refractivity contribution in [2.75, 3.05) is 16.8 Å². The van der Waals surface area contributed by atoms with E-state index in [1.165, 1.54) is 18.3 Å². The second-order valence-corrected chi connectivity index (χ2v) is 7.83. The molecular formula is C22H20FN7O3. The first-order valence-corrected chi connectivity index (χ1v) is 10.4. The van der Waals surface area contributed by atoms with Crippen molar-refractivity contribution in [2.24, 2.45) is 7.05 Å². The standard InChI is InChI=1S/C22H20FN7O3/c1-29-17(20-25-14-6-5-13(23)9-15(14)26-20)10-18(28-29)27-21(31)12-4-7-19(24-11-12)30-8-2-3-16(30)22(32)33/h4-7,9-11,16H,2-3,8H2,1H3,(H,25,26)(H,32,33)(H,27,28,31). The van der Waals surface area contributed by atoms with Crippen molar-refractivity contribution < 1.29 is 19.1 Å². The fraction of sp³-hybridized carbons (Fsp3) is 0.227. The number of halogens is 1. The number of imidazole rings is 1. The van der Waals surface area contributed by atoms with E-state index in [0.717, 1.165) is 6.42 Å².